The summed E-state index contributed by atoms with van der Waals surface area (Å²) in [5.41, 5.74) is 2.39. The van der Waals surface area contributed by atoms with Crippen LogP contribution in [0.2, 0.25) is 0 Å². The molecule has 0 atom stereocenters. The van der Waals surface area contributed by atoms with E-state index in [2.05, 4.69) is 43.0 Å². The minimum atomic E-state index is 0.765. The minimum absolute atomic E-state index is 0.765. The zero-order valence-electron chi connectivity index (χ0n) is 14.7. The number of hydrogen-bond donors (Lipinski definition) is 1. The van der Waals surface area contributed by atoms with Gasteiger partial charge in [0, 0.05) is 56.0 Å². The average molecular weight is 349 g/mol. The molecule has 4 heterocycles. The number of rotatable bonds is 6. The normalized spacial score (nSPS) is 14.5. The molecule has 0 bridgehead atoms. The van der Waals surface area contributed by atoms with Crippen LogP contribution in [0, 0.1) is 0 Å². The molecule has 1 saturated heterocycles. The van der Waals surface area contributed by atoms with Crippen molar-refractivity contribution in [3.63, 3.8) is 0 Å². The number of morpholine rings is 1. The molecular weight excluding hydrogens is 326 g/mol. The molecule has 1 aliphatic rings. The molecule has 4 rings (SSSR count). The number of aromatic nitrogens is 3. The molecule has 0 amide bonds. The second-order valence-electron chi connectivity index (χ2n) is 6.25. The third-order valence-corrected chi connectivity index (χ3v) is 4.53. The van der Waals surface area contributed by atoms with E-state index in [0.29, 0.717) is 0 Å². The molecule has 3 aromatic rings. The van der Waals surface area contributed by atoms with Gasteiger partial charge in [0.05, 0.1) is 13.2 Å². The second kappa shape index (κ2) is 8.12. The van der Waals surface area contributed by atoms with E-state index in [4.69, 9.17) is 4.74 Å². The van der Waals surface area contributed by atoms with Crippen molar-refractivity contribution in [2.24, 2.45) is 0 Å². The van der Waals surface area contributed by atoms with Gasteiger partial charge in [-0.3, -0.25) is 0 Å². The molecule has 3 aromatic heterocycles. The Morgan fingerprint density at radius 2 is 1.81 bits per heavy atom. The van der Waals surface area contributed by atoms with E-state index in [1.54, 1.807) is 0 Å². The molecule has 6 nitrogen and oxygen atoms in total. The lowest BCUT2D eigenvalue weighted by atomic mass is 10.2. The molecule has 134 valence electrons. The molecule has 0 aliphatic carbocycles. The molecular formula is C20H23N5O. The fourth-order valence-corrected chi connectivity index (χ4v) is 3.23. The van der Waals surface area contributed by atoms with Crippen molar-refractivity contribution in [1.29, 1.82) is 0 Å². The van der Waals surface area contributed by atoms with Crippen LogP contribution in [-0.4, -0.2) is 40.8 Å². The van der Waals surface area contributed by atoms with Crippen LogP contribution in [0.15, 0.2) is 61.1 Å². The van der Waals surface area contributed by atoms with Crippen LogP contribution in [0.3, 0.4) is 0 Å². The van der Waals surface area contributed by atoms with Gasteiger partial charge in [-0.2, -0.15) is 0 Å². The lowest BCUT2D eigenvalue weighted by Crippen LogP contribution is -2.37. The van der Waals surface area contributed by atoms with E-state index in [0.717, 1.165) is 51.0 Å². The van der Waals surface area contributed by atoms with E-state index in [1.165, 1.54) is 11.3 Å². The predicted octanol–water partition coefficient (Wildman–Crippen LogP) is 2.39. The monoisotopic (exact) mass is 349 g/mol. The molecule has 0 spiro atoms. The van der Waals surface area contributed by atoms with Crippen LogP contribution in [0.1, 0.15) is 11.3 Å². The fourth-order valence-electron chi connectivity index (χ4n) is 3.23. The Morgan fingerprint density at radius 1 is 0.923 bits per heavy atom. The van der Waals surface area contributed by atoms with Crippen molar-refractivity contribution in [2.75, 3.05) is 31.2 Å². The van der Waals surface area contributed by atoms with Crippen molar-refractivity contribution in [3.8, 4) is 5.82 Å². The first-order valence-electron chi connectivity index (χ1n) is 8.97. The van der Waals surface area contributed by atoms with Crippen LogP contribution in [0.25, 0.3) is 5.82 Å². The number of hydrogen-bond acceptors (Lipinski definition) is 5. The lowest BCUT2D eigenvalue weighted by molar-refractivity contribution is 0.122. The van der Waals surface area contributed by atoms with E-state index >= 15 is 0 Å². The summed E-state index contributed by atoms with van der Waals surface area (Å²) in [6.45, 7) is 4.86. The first kappa shape index (κ1) is 16.8. The molecule has 0 aromatic carbocycles. The summed E-state index contributed by atoms with van der Waals surface area (Å²) in [7, 11) is 0. The summed E-state index contributed by atoms with van der Waals surface area (Å²) in [4.78, 5) is 11.3. The number of ether oxygens (including phenoxy) is 1. The van der Waals surface area contributed by atoms with Crippen LogP contribution in [0.5, 0.6) is 0 Å². The predicted molar refractivity (Wildman–Crippen MR) is 101 cm³/mol. The van der Waals surface area contributed by atoms with E-state index < -0.39 is 0 Å². The standard InChI is InChI=1S/C20H23N5O/c1-2-8-22-19(7-1)25-10-4-6-18(25)16-21-15-17-5-3-9-23-20(17)24-11-13-26-14-12-24/h1-10,21H,11-16H2. The van der Waals surface area contributed by atoms with Crippen molar-refractivity contribution in [1.82, 2.24) is 19.9 Å². The lowest BCUT2D eigenvalue weighted by Gasteiger charge is -2.29. The maximum Gasteiger partial charge on any atom is 0.136 e. The Balaban J connectivity index is 1.43. The van der Waals surface area contributed by atoms with Crippen molar-refractivity contribution >= 4 is 5.82 Å². The summed E-state index contributed by atoms with van der Waals surface area (Å²) >= 11 is 0. The number of pyridine rings is 2. The Kier molecular flexibility index (Phi) is 5.23. The maximum absolute atomic E-state index is 5.45. The van der Waals surface area contributed by atoms with E-state index in [9.17, 15) is 0 Å². The molecule has 1 fully saturated rings. The number of anilines is 1. The van der Waals surface area contributed by atoms with Gasteiger partial charge in [-0.25, -0.2) is 9.97 Å². The van der Waals surface area contributed by atoms with Crippen LogP contribution < -0.4 is 10.2 Å². The summed E-state index contributed by atoms with van der Waals surface area (Å²) < 4.78 is 7.56. The van der Waals surface area contributed by atoms with E-state index in [-0.39, 0.29) is 0 Å². The highest BCUT2D eigenvalue weighted by Crippen LogP contribution is 2.18. The van der Waals surface area contributed by atoms with Gasteiger partial charge in [0.1, 0.15) is 11.6 Å². The number of nitrogens with one attached hydrogen (secondary N) is 1. The van der Waals surface area contributed by atoms with Gasteiger partial charge in [-0.05, 0) is 30.3 Å². The van der Waals surface area contributed by atoms with Gasteiger partial charge < -0.3 is 19.5 Å². The van der Waals surface area contributed by atoms with Gasteiger partial charge in [0.15, 0.2) is 0 Å². The summed E-state index contributed by atoms with van der Waals surface area (Å²) in [5, 5.41) is 3.55. The molecule has 0 radical (unpaired) electrons. The van der Waals surface area contributed by atoms with Crippen molar-refractivity contribution < 1.29 is 4.74 Å². The fraction of sp³-hybridized carbons (Fsp3) is 0.300. The summed E-state index contributed by atoms with van der Waals surface area (Å²) in [6, 6.07) is 14.3. The molecule has 6 heteroatoms. The zero-order chi connectivity index (χ0) is 17.6. The zero-order valence-corrected chi connectivity index (χ0v) is 14.7. The van der Waals surface area contributed by atoms with Gasteiger partial charge in [-0.15, -0.1) is 0 Å². The molecule has 0 saturated carbocycles. The van der Waals surface area contributed by atoms with Gasteiger partial charge in [0.25, 0.3) is 0 Å². The minimum Gasteiger partial charge on any atom is -0.378 e. The third-order valence-electron chi connectivity index (χ3n) is 4.53. The third kappa shape index (κ3) is 3.76. The Morgan fingerprint density at radius 3 is 2.65 bits per heavy atom. The van der Waals surface area contributed by atoms with Gasteiger partial charge in [-0.1, -0.05) is 12.1 Å². The Labute approximate surface area is 153 Å². The van der Waals surface area contributed by atoms with E-state index in [1.807, 2.05) is 42.9 Å². The topological polar surface area (TPSA) is 55.2 Å². The quantitative estimate of drug-likeness (QED) is 0.741. The summed E-state index contributed by atoms with van der Waals surface area (Å²) in [6.07, 6.45) is 5.72. The molecule has 0 unspecified atom stereocenters. The smallest absolute Gasteiger partial charge is 0.136 e. The van der Waals surface area contributed by atoms with Gasteiger partial charge >= 0.3 is 0 Å². The van der Waals surface area contributed by atoms with Crippen molar-refractivity contribution in [2.45, 2.75) is 13.1 Å². The number of nitrogens with zero attached hydrogens (tertiary/aromatic N) is 4. The highest BCUT2D eigenvalue weighted by molar-refractivity contribution is 5.47. The summed E-state index contributed by atoms with van der Waals surface area (Å²) in [5.74, 6) is 1.99. The molecule has 1 N–H and O–H groups in total. The second-order valence-corrected chi connectivity index (χ2v) is 6.25. The average Bonchev–Trinajstić information content (AvgIpc) is 3.18. The SMILES string of the molecule is c1ccc(-n2cccc2CNCc2cccnc2N2CCOCC2)nc1. The van der Waals surface area contributed by atoms with Gasteiger partial charge in [0.2, 0.25) is 0 Å². The maximum atomic E-state index is 5.45. The van der Waals surface area contributed by atoms with Crippen LogP contribution in [-0.2, 0) is 17.8 Å². The van der Waals surface area contributed by atoms with Crippen LogP contribution in [0.4, 0.5) is 5.82 Å². The Bertz CT molecular complexity index is 827. The highest BCUT2D eigenvalue weighted by atomic mass is 16.5. The Hall–Kier alpha value is -2.70. The van der Waals surface area contributed by atoms with Crippen LogP contribution >= 0.6 is 0 Å². The first-order chi connectivity index (χ1) is 12.9. The molecule has 26 heavy (non-hydrogen) atoms. The highest BCUT2D eigenvalue weighted by Gasteiger charge is 2.15. The molecule has 1 aliphatic heterocycles. The largest absolute Gasteiger partial charge is 0.378 e. The first-order valence-corrected chi connectivity index (χ1v) is 8.97. The van der Waals surface area contributed by atoms with Crippen molar-refractivity contribution in [3.05, 3.63) is 72.3 Å².